The van der Waals surface area contributed by atoms with Crippen molar-refractivity contribution in [2.24, 2.45) is 5.41 Å². The molecule has 2 heteroatoms. The van der Waals surface area contributed by atoms with Gasteiger partial charge in [-0.1, -0.05) is 19.3 Å². The Morgan fingerprint density at radius 3 is 2.53 bits per heavy atom. The maximum atomic E-state index is 5.43. The maximum absolute atomic E-state index is 5.43. The van der Waals surface area contributed by atoms with Crippen LogP contribution in [0.15, 0.2) is 0 Å². The van der Waals surface area contributed by atoms with Crippen molar-refractivity contribution < 1.29 is 4.74 Å². The van der Waals surface area contributed by atoms with Crippen molar-refractivity contribution in [3.8, 4) is 0 Å². The third kappa shape index (κ3) is 4.52. The van der Waals surface area contributed by atoms with Gasteiger partial charge in [-0.3, -0.25) is 0 Å². The second-order valence-corrected chi connectivity index (χ2v) is 4.89. The van der Waals surface area contributed by atoms with Crippen LogP contribution < -0.4 is 5.32 Å². The first kappa shape index (κ1) is 13.0. The van der Waals surface area contributed by atoms with E-state index < -0.39 is 0 Å². The van der Waals surface area contributed by atoms with Gasteiger partial charge in [0.2, 0.25) is 0 Å². The molecular formula is C13H27NO. The van der Waals surface area contributed by atoms with Gasteiger partial charge in [-0.15, -0.1) is 0 Å². The summed E-state index contributed by atoms with van der Waals surface area (Å²) in [6.07, 6.45) is 9.70. The molecule has 0 radical (unpaired) electrons. The first-order chi connectivity index (χ1) is 7.33. The largest absolute Gasteiger partial charge is 0.382 e. The molecule has 1 aliphatic rings. The van der Waals surface area contributed by atoms with Gasteiger partial charge in [0.05, 0.1) is 0 Å². The average molecular weight is 213 g/mol. The minimum atomic E-state index is 0.587. The highest BCUT2D eigenvalue weighted by molar-refractivity contribution is 4.84. The quantitative estimate of drug-likeness (QED) is 0.656. The molecule has 1 aliphatic carbocycles. The Balaban J connectivity index is 2.28. The van der Waals surface area contributed by atoms with Crippen LogP contribution in [0.25, 0.3) is 0 Å². The molecule has 1 saturated carbocycles. The molecule has 1 fully saturated rings. The summed E-state index contributed by atoms with van der Waals surface area (Å²) in [7, 11) is 2.08. The van der Waals surface area contributed by atoms with E-state index in [0.717, 1.165) is 13.2 Å². The van der Waals surface area contributed by atoms with E-state index in [4.69, 9.17) is 4.74 Å². The van der Waals surface area contributed by atoms with Crippen LogP contribution in [0.4, 0.5) is 0 Å². The van der Waals surface area contributed by atoms with E-state index in [1.807, 2.05) is 0 Å². The van der Waals surface area contributed by atoms with Gasteiger partial charge in [0.15, 0.2) is 0 Å². The van der Waals surface area contributed by atoms with Crippen LogP contribution in [0.2, 0.25) is 0 Å². The van der Waals surface area contributed by atoms with Crippen LogP contribution in [-0.4, -0.2) is 26.8 Å². The van der Waals surface area contributed by atoms with Crippen molar-refractivity contribution in [1.82, 2.24) is 5.32 Å². The minimum Gasteiger partial charge on any atom is -0.382 e. The maximum Gasteiger partial charge on any atom is 0.0466 e. The summed E-state index contributed by atoms with van der Waals surface area (Å²) >= 11 is 0. The molecular weight excluding hydrogens is 186 g/mol. The molecule has 0 bridgehead atoms. The van der Waals surface area contributed by atoms with Crippen LogP contribution in [0.3, 0.4) is 0 Å². The van der Waals surface area contributed by atoms with Crippen LogP contribution in [0.5, 0.6) is 0 Å². The molecule has 0 saturated heterocycles. The highest BCUT2D eigenvalue weighted by atomic mass is 16.5. The molecule has 0 amide bonds. The Bertz CT molecular complexity index is 147. The Kier molecular flexibility index (Phi) is 6.26. The fraction of sp³-hybridized carbons (Fsp3) is 1.00. The van der Waals surface area contributed by atoms with Crippen molar-refractivity contribution in [1.29, 1.82) is 0 Å². The van der Waals surface area contributed by atoms with E-state index in [1.165, 1.54) is 51.5 Å². The van der Waals surface area contributed by atoms with Crippen LogP contribution in [-0.2, 0) is 4.74 Å². The number of hydrogen-bond donors (Lipinski definition) is 1. The lowest BCUT2D eigenvalue weighted by Crippen LogP contribution is -2.34. The molecule has 15 heavy (non-hydrogen) atoms. The monoisotopic (exact) mass is 213 g/mol. The number of hydrogen-bond acceptors (Lipinski definition) is 2. The van der Waals surface area contributed by atoms with E-state index in [-0.39, 0.29) is 0 Å². The van der Waals surface area contributed by atoms with Gasteiger partial charge in [-0.25, -0.2) is 0 Å². The molecule has 0 aromatic rings. The summed E-state index contributed by atoms with van der Waals surface area (Å²) in [6, 6.07) is 0. The summed E-state index contributed by atoms with van der Waals surface area (Å²) in [4.78, 5) is 0. The van der Waals surface area contributed by atoms with Gasteiger partial charge in [-0.05, 0) is 45.1 Å². The number of ether oxygens (including phenoxy) is 1. The van der Waals surface area contributed by atoms with Gasteiger partial charge in [0, 0.05) is 19.8 Å². The summed E-state index contributed by atoms with van der Waals surface area (Å²) < 4.78 is 5.43. The Morgan fingerprint density at radius 1 is 1.20 bits per heavy atom. The number of rotatable bonds is 7. The topological polar surface area (TPSA) is 21.3 Å². The Hall–Kier alpha value is -0.0800. The highest BCUT2D eigenvalue weighted by Crippen LogP contribution is 2.39. The first-order valence-corrected chi connectivity index (χ1v) is 6.55. The third-order valence-corrected chi connectivity index (χ3v) is 3.67. The van der Waals surface area contributed by atoms with Crippen LogP contribution >= 0.6 is 0 Å². The first-order valence-electron chi connectivity index (χ1n) is 6.55. The second kappa shape index (κ2) is 7.24. The molecule has 90 valence electrons. The zero-order chi connectivity index (χ0) is 11.0. The summed E-state index contributed by atoms with van der Waals surface area (Å²) in [5.41, 5.74) is 0.587. The normalized spacial score (nSPS) is 20.4. The van der Waals surface area contributed by atoms with Crippen LogP contribution in [0.1, 0.15) is 51.9 Å². The van der Waals surface area contributed by atoms with Gasteiger partial charge >= 0.3 is 0 Å². The Labute approximate surface area is 94.8 Å². The molecule has 1 N–H and O–H groups in total. The van der Waals surface area contributed by atoms with Gasteiger partial charge in [0.1, 0.15) is 0 Å². The van der Waals surface area contributed by atoms with E-state index in [2.05, 4.69) is 19.3 Å². The zero-order valence-corrected chi connectivity index (χ0v) is 10.5. The van der Waals surface area contributed by atoms with E-state index in [0.29, 0.717) is 5.41 Å². The lowest BCUT2D eigenvalue weighted by molar-refractivity contribution is 0.110. The van der Waals surface area contributed by atoms with E-state index in [1.54, 1.807) is 0 Å². The molecule has 1 rings (SSSR count). The summed E-state index contributed by atoms with van der Waals surface area (Å²) in [5, 5.41) is 3.38. The highest BCUT2D eigenvalue weighted by Gasteiger charge is 2.30. The summed E-state index contributed by atoms with van der Waals surface area (Å²) in [6.45, 7) is 5.07. The molecule has 0 aromatic heterocycles. The lowest BCUT2D eigenvalue weighted by atomic mass is 9.71. The van der Waals surface area contributed by atoms with Gasteiger partial charge in [0.25, 0.3) is 0 Å². The molecule has 0 aliphatic heterocycles. The van der Waals surface area contributed by atoms with Gasteiger partial charge < -0.3 is 10.1 Å². The second-order valence-electron chi connectivity index (χ2n) is 4.89. The smallest absolute Gasteiger partial charge is 0.0466 e. The molecule has 2 nitrogen and oxygen atoms in total. The third-order valence-electron chi connectivity index (χ3n) is 3.67. The fourth-order valence-corrected chi connectivity index (χ4v) is 2.89. The SMILES string of the molecule is CCOCCCC1(CNC)CCCCC1. The van der Waals surface area contributed by atoms with Crippen molar-refractivity contribution in [2.45, 2.75) is 51.9 Å². The summed E-state index contributed by atoms with van der Waals surface area (Å²) in [5.74, 6) is 0. The molecule has 0 aromatic carbocycles. The standard InChI is InChI=1S/C13H27NO/c1-3-15-11-7-10-13(12-14-2)8-5-4-6-9-13/h14H,3-12H2,1-2H3. The molecule has 0 unspecified atom stereocenters. The fourth-order valence-electron chi connectivity index (χ4n) is 2.89. The molecule has 0 heterocycles. The predicted octanol–water partition coefficient (Wildman–Crippen LogP) is 2.97. The van der Waals surface area contributed by atoms with E-state index in [9.17, 15) is 0 Å². The Morgan fingerprint density at radius 2 is 1.93 bits per heavy atom. The number of nitrogens with one attached hydrogen (secondary N) is 1. The molecule has 0 spiro atoms. The van der Waals surface area contributed by atoms with Crippen molar-refractivity contribution in [3.63, 3.8) is 0 Å². The van der Waals surface area contributed by atoms with E-state index >= 15 is 0 Å². The zero-order valence-electron chi connectivity index (χ0n) is 10.5. The van der Waals surface area contributed by atoms with Gasteiger partial charge in [-0.2, -0.15) is 0 Å². The van der Waals surface area contributed by atoms with Crippen LogP contribution in [0, 0.1) is 5.41 Å². The van der Waals surface area contributed by atoms with Crippen molar-refractivity contribution >= 4 is 0 Å². The van der Waals surface area contributed by atoms with Crippen molar-refractivity contribution in [3.05, 3.63) is 0 Å². The predicted molar refractivity (Wildman–Crippen MR) is 65.2 cm³/mol. The lowest BCUT2D eigenvalue weighted by Gasteiger charge is -2.37. The average Bonchev–Trinajstić information content (AvgIpc) is 2.26. The van der Waals surface area contributed by atoms with Crippen molar-refractivity contribution in [2.75, 3.05) is 26.8 Å². The minimum absolute atomic E-state index is 0.587. The molecule has 0 atom stereocenters.